The fourth-order valence-electron chi connectivity index (χ4n) is 2.40. The number of carbonyl (C=O) groups excluding carboxylic acids is 1. The van der Waals surface area contributed by atoms with Crippen LogP contribution < -0.4 is 10.2 Å². The van der Waals surface area contributed by atoms with Crippen molar-refractivity contribution >= 4 is 33.2 Å². The van der Waals surface area contributed by atoms with Crippen molar-refractivity contribution in [3.05, 3.63) is 58.6 Å². The van der Waals surface area contributed by atoms with Crippen molar-refractivity contribution in [1.29, 1.82) is 0 Å². The molecule has 20 heavy (non-hydrogen) atoms. The van der Waals surface area contributed by atoms with Crippen LogP contribution in [0.3, 0.4) is 0 Å². The summed E-state index contributed by atoms with van der Waals surface area (Å²) < 4.78 is 1.00. The smallest absolute Gasteiger partial charge is 0.248 e. The SMILES string of the molecule is CC1NCc2ccccc2N(c2ccc(Br)cc2)C1=O. The van der Waals surface area contributed by atoms with Gasteiger partial charge in [0.05, 0.1) is 11.7 Å². The van der Waals surface area contributed by atoms with E-state index < -0.39 is 0 Å². The molecule has 0 aliphatic carbocycles. The summed E-state index contributed by atoms with van der Waals surface area (Å²) in [6.07, 6.45) is 0. The van der Waals surface area contributed by atoms with Crippen molar-refractivity contribution in [2.24, 2.45) is 0 Å². The standard InChI is InChI=1S/C16H15BrN2O/c1-11-16(20)19(14-8-6-13(17)7-9-14)15-5-3-2-4-12(15)10-18-11/h2-9,11,18H,10H2,1H3. The van der Waals surface area contributed by atoms with Crippen LogP contribution in [0.1, 0.15) is 12.5 Å². The van der Waals surface area contributed by atoms with Gasteiger partial charge in [-0.15, -0.1) is 0 Å². The largest absolute Gasteiger partial charge is 0.302 e. The first-order chi connectivity index (χ1) is 9.66. The molecule has 1 heterocycles. The van der Waals surface area contributed by atoms with Crippen molar-refractivity contribution in [2.45, 2.75) is 19.5 Å². The van der Waals surface area contributed by atoms with Gasteiger partial charge in [0.1, 0.15) is 0 Å². The Morgan fingerprint density at radius 3 is 2.60 bits per heavy atom. The van der Waals surface area contributed by atoms with Crippen LogP contribution in [-0.2, 0) is 11.3 Å². The average Bonchev–Trinajstić information content (AvgIpc) is 2.59. The Morgan fingerprint density at radius 1 is 1.15 bits per heavy atom. The summed E-state index contributed by atoms with van der Waals surface area (Å²) in [5.74, 6) is 0.0669. The van der Waals surface area contributed by atoms with Gasteiger partial charge in [-0.05, 0) is 42.8 Å². The van der Waals surface area contributed by atoms with Crippen LogP contribution in [0, 0.1) is 0 Å². The van der Waals surface area contributed by atoms with Gasteiger partial charge in [0.25, 0.3) is 0 Å². The van der Waals surface area contributed by atoms with Crippen molar-refractivity contribution in [3.8, 4) is 0 Å². The molecule has 0 aromatic heterocycles. The quantitative estimate of drug-likeness (QED) is 0.866. The minimum Gasteiger partial charge on any atom is -0.302 e. The van der Waals surface area contributed by atoms with Crippen molar-refractivity contribution in [2.75, 3.05) is 4.90 Å². The van der Waals surface area contributed by atoms with E-state index in [1.54, 1.807) is 4.90 Å². The summed E-state index contributed by atoms with van der Waals surface area (Å²) in [7, 11) is 0. The second-order valence-corrected chi connectivity index (χ2v) is 5.80. The lowest BCUT2D eigenvalue weighted by atomic mass is 10.1. The van der Waals surface area contributed by atoms with Gasteiger partial charge < -0.3 is 5.32 Å². The van der Waals surface area contributed by atoms with Gasteiger partial charge in [-0.1, -0.05) is 34.1 Å². The molecular formula is C16H15BrN2O. The van der Waals surface area contributed by atoms with Crippen LogP contribution in [-0.4, -0.2) is 11.9 Å². The number of nitrogens with one attached hydrogen (secondary N) is 1. The zero-order chi connectivity index (χ0) is 14.1. The van der Waals surface area contributed by atoms with Crippen molar-refractivity contribution in [3.63, 3.8) is 0 Å². The highest BCUT2D eigenvalue weighted by Crippen LogP contribution is 2.32. The van der Waals surface area contributed by atoms with Gasteiger partial charge >= 0.3 is 0 Å². The van der Waals surface area contributed by atoms with Gasteiger partial charge in [0.2, 0.25) is 5.91 Å². The van der Waals surface area contributed by atoms with Gasteiger partial charge in [-0.2, -0.15) is 0 Å². The Bertz CT molecular complexity index is 639. The topological polar surface area (TPSA) is 32.3 Å². The first-order valence-electron chi connectivity index (χ1n) is 6.57. The highest BCUT2D eigenvalue weighted by Gasteiger charge is 2.28. The molecule has 1 atom stereocenters. The van der Waals surface area contributed by atoms with E-state index in [1.807, 2.05) is 49.4 Å². The molecule has 0 fully saturated rings. The average molecular weight is 331 g/mol. The summed E-state index contributed by atoms with van der Waals surface area (Å²) in [5.41, 5.74) is 2.98. The molecule has 0 bridgehead atoms. The predicted octanol–water partition coefficient (Wildman–Crippen LogP) is 3.61. The molecule has 0 saturated heterocycles. The molecule has 102 valence electrons. The summed E-state index contributed by atoms with van der Waals surface area (Å²) in [4.78, 5) is 14.4. The molecule has 0 saturated carbocycles. The first kappa shape index (κ1) is 13.3. The Kier molecular flexibility index (Phi) is 3.59. The maximum absolute atomic E-state index is 12.6. The summed E-state index contributed by atoms with van der Waals surface area (Å²) >= 11 is 3.43. The number of fused-ring (bicyclic) bond motifs is 1. The molecule has 1 aliphatic heterocycles. The lowest BCUT2D eigenvalue weighted by Crippen LogP contribution is -2.39. The van der Waals surface area contributed by atoms with Crippen LogP contribution in [0.2, 0.25) is 0 Å². The molecule has 2 aromatic rings. The Hall–Kier alpha value is -1.65. The van der Waals surface area contributed by atoms with E-state index in [4.69, 9.17) is 0 Å². The maximum Gasteiger partial charge on any atom is 0.248 e. The van der Waals surface area contributed by atoms with Crippen molar-refractivity contribution in [1.82, 2.24) is 5.32 Å². The van der Waals surface area contributed by atoms with Gasteiger partial charge in [-0.3, -0.25) is 9.69 Å². The van der Waals surface area contributed by atoms with E-state index in [9.17, 15) is 4.79 Å². The van der Waals surface area contributed by atoms with E-state index in [2.05, 4.69) is 27.3 Å². The molecule has 1 aliphatic rings. The third-order valence-corrected chi connectivity index (χ3v) is 4.04. The second-order valence-electron chi connectivity index (χ2n) is 4.88. The maximum atomic E-state index is 12.6. The molecule has 0 radical (unpaired) electrons. The number of amides is 1. The number of anilines is 2. The molecule has 0 spiro atoms. The number of rotatable bonds is 1. The fourth-order valence-corrected chi connectivity index (χ4v) is 2.66. The Morgan fingerprint density at radius 2 is 1.85 bits per heavy atom. The number of nitrogens with zero attached hydrogens (tertiary/aromatic N) is 1. The van der Waals surface area contributed by atoms with E-state index in [0.717, 1.165) is 21.4 Å². The van der Waals surface area contributed by atoms with E-state index >= 15 is 0 Å². The summed E-state index contributed by atoms with van der Waals surface area (Å²) in [5, 5.41) is 3.26. The highest BCUT2D eigenvalue weighted by molar-refractivity contribution is 9.10. The molecule has 3 nitrogen and oxygen atoms in total. The van der Waals surface area contributed by atoms with Crippen molar-refractivity contribution < 1.29 is 4.79 Å². The fraction of sp³-hybridized carbons (Fsp3) is 0.188. The van der Waals surface area contributed by atoms with Crippen LogP contribution in [0.25, 0.3) is 0 Å². The molecule has 2 aromatic carbocycles. The Labute approximate surface area is 126 Å². The second kappa shape index (κ2) is 5.38. The highest BCUT2D eigenvalue weighted by atomic mass is 79.9. The predicted molar refractivity (Wildman–Crippen MR) is 84.0 cm³/mol. The van der Waals surface area contributed by atoms with Crippen LogP contribution >= 0.6 is 15.9 Å². The minimum absolute atomic E-state index is 0.0669. The first-order valence-corrected chi connectivity index (χ1v) is 7.37. The number of benzene rings is 2. The molecule has 1 N–H and O–H groups in total. The lowest BCUT2D eigenvalue weighted by molar-refractivity contribution is -0.119. The number of para-hydroxylation sites is 1. The summed E-state index contributed by atoms with van der Waals surface area (Å²) in [6, 6.07) is 15.6. The van der Waals surface area contributed by atoms with Crippen LogP contribution in [0.4, 0.5) is 11.4 Å². The van der Waals surface area contributed by atoms with Gasteiger partial charge in [0.15, 0.2) is 0 Å². The van der Waals surface area contributed by atoms with E-state index in [-0.39, 0.29) is 11.9 Å². The number of hydrogen-bond acceptors (Lipinski definition) is 2. The van der Waals surface area contributed by atoms with Crippen LogP contribution in [0.15, 0.2) is 53.0 Å². The third-order valence-electron chi connectivity index (χ3n) is 3.51. The lowest BCUT2D eigenvalue weighted by Gasteiger charge is -2.24. The van der Waals surface area contributed by atoms with Gasteiger partial charge in [-0.25, -0.2) is 0 Å². The number of halogens is 1. The van der Waals surface area contributed by atoms with E-state index in [1.165, 1.54) is 0 Å². The zero-order valence-electron chi connectivity index (χ0n) is 11.1. The number of hydrogen-bond donors (Lipinski definition) is 1. The van der Waals surface area contributed by atoms with Crippen LogP contribution in [0.5, 0.6) is 0 Å². The normalized spacial score (nSPS) is 18.6. The Balaban J connectivity index is 2.14. The van der Waals surface area contributed by atoms with E-state index in [0.29, 0.717) is 6.54 Å². The summed E-state index contributed by atoms with van der Waals surface area (Å²) in [6.45, 7) is 2.61. The number of carbonyl (C=O) groups is 1. The monoisotopic (exact) mass is 330 g/mol. The van der Waals surface area contributed by atoms with Gasteiger partial charge in [0, 0.05) is 16.7 Å². The molecular weight excluding hydrogens is 316 g/mol. The third kappa shape index (κ3) is 2.37. The molecule has 4 heteroatoms. The zero-order valence-corrected chi connectivity index (χ0v) is 12.7. The molecule has 1 unspecified atom stereocenters. The molecule has 1 amide bonds. The molecule has 3 rings (SSSR count). The minimum atomic E-state index is -0.203.